The van der Waals surface area contributed by atoms with Gasteiger partial charge in [0, 0.05) is 18.9 Å². The number of amides is 2. The summed E-state index contributed by atoms with van der Waals surface area (Å²) >= 11 is 1.25. The van der Waals surface area contributed by atoms with E-state index in [4.69, 9.17) is 0 Å². The smallest absolute Gasteiger partial charge is 0.293 e. The van der Waals surface area contributed by atoms with Crippen molar-refractivity contribution in [3.05, 3.63) is 52.5 Å². The third-order valence-electron chi connectivity index (χ3n) is 6.16. The van der Waals surface area contributed by atoms with Gasteiger partial charge < -0.3 is 10.2 Å². The number of Topliss-reactive ketones (excluding diaryl/α,β-unsaturated/α-hetero) is 1. The van der Waals surface area contributed by atoms with Gasteiger partial charge in [0.2, 0.25) is 5.91 Å². The molecule has 12 heteroatoms. The zero-order chi connectivity index (χ0) is 25.3. The van der Waals surface area contributed by atoms with Gasteiger partial charge in [-0.25, -0.2) is 8.42 Å². The number of hydrogen-bond donors (Lipinski definition) is 1. The summed E-state index contributed by atoms with van der Waals surface area (Å²) in [4.78, 5) is 57.4. The van der Waals surface area contributed by atoms with Crippen LogP contribution in [0.15, 0.2) is 42.0 Å². The summed E-state index contributed by atoms with van der Waals surface area (Å²) in [7, 11) is -4.49. The molecule has 10 nitrogen and oxygen atoms in total. The van der Waals surface area contributed by atoms with Crippen LogP contribution in [0.5, 0.6) is 0 Å². The Morgan fingerprint density at radius 3 is 2.63 bits per heavy atom. The highest BCUT2D eigenvalue weighted by atomic mass is 32.2. The van der Waals surface area contributed by atoms with Crippen LogP contribution in [0.25, 0.3) is 0 Å². The molecule has 4 heterocycles. The number of carbonyl (C=O) groups is 4. The second-order valence-corrected chi connectivity index (χ2v) is 11.7. The normalized spacial score (nSPS) is 21.2. The molecular formula is C23H26N4O6S2. The minimum atomic E-state index is -4.49. The largest absolute Gasteiger partial charge is 0.340 e. The Hall–Kier alpha value is -2.96. The fourth-order valence-electron chi connectivity index (χ4n) is 4.61. The number of sulfonamides is 1. The number of carbonyl (C=O) groups excluding carboxylic acids is 4. The van der Waals surface area contributed by atoms with E-state index in [0.717, 1.165) is 10.5 Å². The molecule has 4 rings (SSSR count). The zero-order valence-corrected chi connectivity index (χ0v) is 20.9. The van der Waals surface area contributed by atoms with Crippen molar-refractivity contribution in [1.82, 2.24) is 19.5 Å². The standard InChI is InChI=1S/C23H26N4O6S2/c1-14(2)11-16(25-21(29)19-6-4-10-34-19)22(30)26-9-7-17-20(26)18(28)13-27(17)35(32,33)23(31)15-5-3-8-24-12-15/h3-6,8,10,12,14,16-17,20H,7,9,11,13H2,1-2H3,(H,25,29). The number of ketones is 1. The molecular weight excluding hydrogens is 492 g/mol. The Morgan fingerprint density at radius 1 is 1.23 bits per heavy atom. The van der Waals surface area contributed by atoms with Gasteiger partial charge >= 0.3 is 0 Å². The molecule has 2 saturated heterocycles. The lowest BCUT2D eigenvalue weighted by molar-refractivity contribution is -0.138. The number of thiophene rings is 1. The third kappa shape index (κ3) is 4.91. The molecule has 2 aliphatic heterocycles. The number of pyridine rings is 1. The van der Waals surface area contributed by atoms with Crippen LogP contribution in [-0.4, -0.2) is 76.5 Å². The first kappa shape index (κ1) is 25.1. The highest BCUT2D eigenvalue weighted by Gasteiger charge is 2.55. The molecule has 2 aliphatic rings. The molecule has 2 aromatic heterocycles. The van der Waals surface area contributed by atoms with Gasteiger partial charge in [-0.1, -0.05) is 19.9 Å². The van der Waals surface area contributed by atoms with E-state index < -0.39 is 51.5 Å². The second-order valence-electron chi connectivity index (χ2n) is 9.01. The van der Waals surface area contributed by atoms with E-state index in [1.54, 1.807) is 17.5 Å². The van der Waals surface area contributed by atoms with E-state index in [-0.39, 0.29) is 30.4 Å². The van der Waals surface area contributed by atoms with Gasteiger partial charge in [0.05, 0.1) is 23.0 Å². The summed E-state index contributed by atoms with van der Waals surface area (Å²) in [5.41, 5.74) is -0.0948. The van der Waals surface area contributed by atoms with Gasteiger partial charge in [0.15, 0.2) is 5.78 Å². The van der Waals surface area contributed by atoms with Crippen LogP contribution in [0.4, 0.5) is 0 Å². The van der Waals surface area contributed by atoms with E-state index in [9.17, 15) is 27.6 Å². The molecule has 0 radical (unpaired) electrons. The number of rotatable bonds is 7. The fourth-order valence-corrected chi connectivity index (χ4v) is 6.74. The first-order chi connectivity index (χ1) is 16.6. The number of fused-ring (bicyclic) bond motifs is 1. The topological polar surface area (TPSA) is 134 Å². The maximum absolute atomic E-state index is 13.5. The molecule has 2 aromatic rings. The summed E-state index contributed by atoms with van der Waals surface area (Å²) in [6.07, 6.45) is 3.16. The molecule has 0 bridgehead atoms. The maximum Gasteiger partial charge on any atom is 0.293 e. The zero-order valence-electron chi connectivity index (χ0n) is 19.3. The number of nitrogens with one attached hydrogen (secondary N) is 1. The van der Waals surface area contributed by atoms with E-state index in [1.165, 1.54) is 34.6 Å². The molecule has 186 valence electrons. The molecule has 0 aromatic carbocycles. The van der Waals surface area contributed by atoms with Crippen molar-refractivity contribution >= 4 is 44.1 Å². The molecule has 0 aliphatic carbocycles. The van der Waals surface area contributed by atoms with Gasteiger partial charge in [-0.05, 0) is 42.3 Å². The third-order valence-corrected chi connectivity index (χ3v) is 8.75. The first-order valence-electron chi connectivity index (χ1n) is 11.2. The van der Waals surface area contributed by atoms with Crippen LogP contribution in [0.1, 0.15) is 46.7 Å². The van der Waals surface area contributed by atoms with E-state index in [1.807, 2.05) is 13.8 Å². The monoisotopic (exact) mass is 518 g/mol. The van der Waals surface area contributed by atoms with Gasteiger partial charge in [-0.3, -0.25) is 24.2 Å². The van der Waals surface area contributed by atoms with Crippen LogP contribution in [0.3, 0.4) is 0 Å². The van der Waals surface area contributed by atoms with Crippen LogP contribution >= 0.6 is 11.3 Å². The van der Waals surface area contributed by atoms with Crippen LogP contribution in [0, 0.1) is 5.92 Å². The molecule has 0 saturated carbocycles. The average molecular weight is 519 g/mol. The number of likely N-dealkylation sites (tertiary alicyclic amines) is 1. The van der Waals surface area contributed by atoms with Gasteiger partial charge in [0.25, 0.3) is 21.0 Å². The summed E-state index contributed by atoms with van der Waals surface area (Å²) < 4.78 is 27.1. The Labute approximate surface area is 207 Å². The van der Waals surface area contributed by atoms with Crippen LogP contribution in [-0.2, 0) is 19.6 Å². The minimum Gasteiger partial charge on any atom is -0.340 e. The minimum absolute atomic E-state index is 0.0826. The molecule has 0 spiro atoms. The van der Waals surface area contributed by atoms with Crippen molar-refractivity contribution in [3.63, 3.8) is 0 Å². The summed E-state index contributed by atoms with van der Waals surface area (Å²) in [5.74, 6) is -1.17. The van der Waals surface area contributed by atoms with Gasteiger partial charge in [-0.2, -0.15) is 4.31 Å². The Kier molecular flexibility index (Phi) is 7.15. The van der Waals surface area contributed by atoms with Crippen LogP contribution < -0.4 is 5.32 Å². The summed E-state index contributed by atoms with van der Waals surface area (Å²) in [6.45, 7) is 3.51. The maximum atomic E-state index is 13.5. The number of aromatic nitrogens is 1. The fraction of sp³-hybridized carbons (Fsp3) is 0.435. The second kappa shape index (κ2) is 9.96. The molecule has 2 amide bonds. The van der Waals surface area contributed by atoms with Crippen molar-refractivity contribution in [2.75, 3.05) is 13.1 Å². The van der Waals surface area contributed by atoms with Crippen molar-refractivity contribution in [2.24, 2.45) is 5.92 Å². The number of hydrogen-bond acceptors (Lipinski definition) is 8. The number of nitrogens with zero attached hydrogens (tertiary/aromatic N) is 3. The van der Waals surface area contributed by atoms with Crippen molar-refractivity contribution in [2.45, 2.75) is 44.8 Å². The van der Waals surface area contributed by atoms with Crippen LogP contribution in [0.2, 0.25) is 0 Å². The molecule has 2 fully saturated rings. The lowest BCUT2D eigenvalue weighted by Gasteiger charge is -2.29. The Balaban J connectivity index is 1.54. The van der Waals surface area contributed by atoms with Gasteiger partial charge in [0.1, 0.15) is 12.1 Å². The Morgan fingerprint density at radius 2 is 2.00 bits per heavy atom. The Bertz CT molecular complexity index is 1230. The highest BCUT2D eigenvalue weighted by Crippen LogP contribution is 2.33. The predicted octanol–water partition coefficient (Wildman–Crippen LogP) is 1.31. The van der Waals surface area contributed by atoms with E-state index in [0.29, 0.717) is 11.3 Å². The van der Waals surface area contributed by atoms with Gasteiger partial charge in [-0.15, -0.1) is 11.3 Å². The lowest BCUT2D eigenvalue weighted by Crippen LogP contribution is -2.53. The lowest BCUT2D eigenvalue weighted by atomic mass is 10.0. The summed E-state index contributed by atoms with van der Waals surface area (Å²) in [5, 5.41) is 3.41. The van der Waals surface area contributed by atoms with E-state index >= 15 is 0 Å². The SMILES string of the molecule is CC(C)CC(NC(=O)c1cccs1)C(=O)N1CCC2C1C(=O)CN2S(=O)(=O)C(=O)c1cccnc1. The van der Waals surface area contributed by atoms with Crippen molar-refractivity contribution in [3.8, 4) is 0 Å². The summed E-state index contributed by atoms with van der Waals surface area (Å²) in [6, 6.07) is 3.51. The molecule has 35 heavy (non-hydrogen) atoms. The predicted molar refractivity (Wildman–Crippen MR) is 128 cm³/mol. The molecule has 3 atom stereocenters. The van der Waals surface area contributed by atoms with Crippen molar-refractivity contribution < 1.29 is 27.6 Å². The average Bonchev–Trinajstić information content (AvgIpc) is 3.57. The quantitative estimate of drug-likeness (QED) is 0.584. The van der Waals surface area contributed by atoms with E-state index in [2.05, 4.69) is 10.3 Å². The molecule has 3 unspecified atom stereocenters. The molecule has 1 N–H and O–H groups in total. The van der Waals surface area contributed by atoms with Crippen molar-refractivity contribution in [1.29, 1.82) is 0 Å². The first-order valence-corrected chi connectivity index (χ1v) is 13.6. The highest BCUT2D eigenvalue weighted by molar-refractivity contribution is 8.04.